The lowest BCUT2D eigenvalue weighted by atomic mass is 10.1. The predicted octanol–water partition coefficient (Wildman–Crippen LogP) is 1.30. The Morgan fingerprint density at radius 1 is 1.58 bits per heavy atom. The van der Waals surface area contributed by atoms with E-state index in [4.69, 9.17) is 9.47 Å². The third-order valence-corrected chi connectivity index (χ3v) is 2.10. The molecular formula is C9H18O3. The van der Waals surface area contributed by atoms with Crippen molar-refractivity contribution >= 4 is 0 Å². The van der Waals surface area contributed by atoms with Crippen LogP contribution < -0.4 is 0 Å². The zero-order chi connectivity index (χ0) is 8.97. The Kier molecular flexibility index (Phi) is 3.98. The monoisotopic (exact) mass is 174 g/mol. The van der Waals surface area contributed by atoms with Crippen LogP contribution in [0.4, 0.5) is 0 Å². The van der Waals surface area contributed by atoms with Gasteiger partial charge in [0, 0.05) is 0 Å². The van der Waals surface area contributed by atoms with E-state index in [0.29, 0.717) is 6.61 Å². The highest BCUT2D eigenvalue weighted by Gasteiger charge is 2.25. The first-order valence-corrected chi connectivity index (χ1v) is 4.69. The van der Waals surface area contributed by atoms with Crippen molar-refractivity contribution in [2.45, 2.75) is 51.6 Å². The van der Waals surface area contributed by atoms with Gasteiger partial charge in [0.1, 0.15) is 0 Å². The molecule has 1 fully saturated rings. The normalized spacial score (nSPS) is 33.2. The van der Waals surface area contributed by atoms with Crippen molar-refractivity contribution in [3.63, 3.8) is 0 Å². The minimum atomic E-state index is -0.381. The zero-order valence-electron chi connectivity index (χ0n) is 7.82. The van der Waals surface area contributed by atoms with Crippen LogP contribution in [0.3, 0.4) is 0 Å². The molecule has 0 radical (unpaired) electrons. The van der Waals surface area contributed by atoms with Gasteiger partial charge in [-0.25, -0.2) is 0 Å². The van der Waals surface area contributed by atoms with Crippen LogP contribution in [-0.4, -0.2) is 30.2 Å². The summed E-state index contributed by atoms with van der Waals surface area (Å²) in [6, 6.07) is 0. The molecule has 1 aliphatic heterocycles. The molecule has 0 saturated carbocycles. The van der Waals surface area contributed by atoms with E-state index in [-0.39, 0.29) is 18.5 Å². The maximum Gasteiger partial charge on any atom is 0.158 e. The molecule has 3 unspecified atom stereocenters. The van der Waals surface area contributed by atoms with Crippen LogP contribution in [-0.2, 0) is 9.47 Å². The lowest BCUT2D eigenvalue weighted by Gasteiger charge is -2.31. The van der Waals surface area contributed by atoms with Crippen molar-refractivity contribution in [3.8, 4) is 0 Å². The molecule has 0 aromatic carbocycles. The Balaban J connectivity index is 2.30. The van der Waals surface area contributed by atoms with E-state index < -0.39 is 0 Å². The van der Waals surface area contributed by atoms with E-state index in [0.717, 1.165) is 19.3 Å². The van der Waals surface area contributed by atoms with Gasteiger partial charge in [-0.05, 0) is 19.8 Å². The third kappa shape index (κ3) is 2.73. The molecule has 0 aromatic heterocycles. The molecule has 3 heteroatoms. The van der Waals surface area contributed by atoms with Gasteiger partial charge in [0.25, 0.3) is 0 Å². The van der Waals surface area contributed by atoms with Gasteiger partial charge in [0.15, 0.2) is 6.29 Å². The number of hydrogen-bond donors (Lipinski definition) is 1. The second-order valence-corrected chi connectivity index (χ2v) is 3.29. The first-order chi connectivity index (χ1) is 5.74. The van der Waals surface area contributed by atoms with E-state index in [1.807, 2.05) is 0 Å². The summed E-state index contributed by atoms with van der Waals surface area (Å²) < 4.78 is 10.9. The van der Waals surface area contributed by atoms with Gasteiger partial charge in [-0.3, -0.25) is 0 Å². The molecule has 1 saturated heterocycles. The quantitative estimate of drug-likeness (QED) is 0.701. The van der Waals surface area contributed by atoms with Crippen molar-refractivity contribution < 1.29 is 14.6 Å². The Morgan fingerprint density at radius 2 is 2.33 bits per heavy atom. The van der Waals surface area contributed by atoms with Crippen molar-refractivity contribution in [2.24, 2.45) is 0 Å². The molecule has 0 spiro atoms. The summed E-state index contributed by atoms with van der Waals surface area (Å²) in [5.41, 5.74) is 0. The van der Waals surface area contributed by atoms with Gasteiger partial charge in [-0.2, -0.15) is 0 Å². The fraction of sp³-hybridized carbons (Fsp3) is 1.00. The lowest BCUT2D eigenvalue weighted by molar-refractivity contribution is -0.232. The number of ether oxygens (including phenoxy) is 2. The molecule has 0 bridgehead atoms. The average Bonchev–Trinajstić information content (AvgIpc) is 2.05. The molecule has 0 aromatic rings. The molecule has 1 rings (SSSR count). The maximum absolute atomic E-state index is 9.28. The van der Waals surface area contributed by atoms with Crippen LogP contribution in [0.2, 0.25) is 0 Å². The van der Waals surface area contributed by atoms with Crippen LogP contribution in [0, 0.1) is 0 Å². The smallest absolute Gasteiger partial charge is 0.158 e. The van der Waals surface area contributed by atoms with E-state index >= 15 is 0 Å². The lowest BCUT2D eigenvalue weighted by Crippen LogP contribution is -2.38. The fourth-order valence-corrected chi connectivity index (χ4v) is 1.36. The highest BCUT2D eigenvalue weighted by Crippen LogP contribution is 2.18. The molecule has 0 aliphatic carbocycles. The molecule has 0 amide bonds. The van der Waals surface area contributed by atoms with E-state index in [1.165, 1.54) is 0 Å². The van der Waals surface area contributed by atoms with Crippen molar-refractivity contribution in [3.05, 3.63) is 0 Å². The highest BCUT2D eigenvalue weighted by atomic mass is 16.7. The van der Waals surface area contributed by atoms with Gasteiger partial charge in [0.05, 0.1) is 18.8 Å². The Morgan fingerprint density at radius 3 is 2.92 bits per heavy atom. The highest BCUT2D eigenvalue weighted by molar-refractivity contribution is 4.68. The summed E-state index contributed by atoms with van der Waals surface area (Å²) in [6.45, 7) is 4.57. The first-order valence-electron chi connectivity index (χ1n) is 4.69. The molecule has 72 valence electrons. The average molecular weight is 174 g/mol. The summed E-state index contributed by atoms with van der Waals surface area (Å²) >= 11 is 0. The van der Waals surface area contributed by atoms with Crippen LogP contribution in [0.15, 0.2) is 0 Å². The van der Waals surface area contributed by atoms with E-state index in [1.54, 1.807) is 6.92 Å². The topological polar surface area (TPSA) is 38.7 Å². The van der Waals surface area contributed by atoms with Gasteiger partial charge >= 0.3 is 0 Å². The minimum absolute atomic E-state index is 0.0321. The van der Waals surface area contributed by atoms with Crippen LogP contribution in [0.5, 0.6) is 0 Å². The molecule has 1 N–H and O–H groups in total. The van der Waals surface area contributed by atoms with E-state index in [2.05, 4.69) is 6.92 Å². The van der Waals surface area contributed by atoms with Gasteiger partial charge in [-0.15, -0.1) is 0 Å². The van der Waals surface area contributed by atoms with Crippen molar-refractivity contribution in [1.29, 1.82) is 0 Å². The molecule has 3 nitrogen and oxygen atoms in total. The molecule has 3 atom stereocenters. The fourth-order valence-electron chi connectivity index (χ4n) is 1.36. The summed E-state index contributed by atoms with van der Waals surface area (Å²) in [6.07, 6.45) is 2.27. The Labute approximate surface area is 73.7 Å². The van der Waals surface area contributed by atoms with Gasteiger partial charge in [0.2, 0.25) is 0 Å². The largest absolute Gasteiger partial charge is 0.391 e. The molecule has 1 aliphatic rings. The predicted molar refractivity (Wildman–Crippen MR) is 45.8 cm³/mol. The van der Waals surface area contributed by atoms with Crippen LogP contribution in [0.1, 0.15) is 33.1 Å². The van der Waals surface area contributed by atoms with Crippen LogP contribution in [0.25, 0.3) is 0 Å². The SMILES string of the molecule is CCCC1OCCC(C(C)O)O1. The number of aliphatic hydroxyl groups excluding tert-OH is 1. The first kappa shape index (κ1) is 9.96. The van der Waals surface area contributed by atoms with Crippen molar-refractivity contribution in [2.75, 3.05) is 6.61 Å². The van der Waals surface area contributed by atoms with E-state index in [9.17, 15) is 5.11 Å². The van der Waals surface area contributed by atoms with Crippen LogP contribution >= 0.6 is 0 Å². The Bertz CT molecular complexity index is 123. The number of hydrogen-bond acceptors (Lipinski definition) is 3. The molecule has 12 heavy (non-hydrogen) atoms. The number of rotatable bonds is 3. The standard InChI is InChI=1S/C9H18O3/c1-3-4-9-11-6-5-8(12-9)7(2)10/h7-10H,3-6H2,1-2H3. The second kappa shape index (κ2) is 4.80. The summed E-state index contributed by atoms with van der Waals surface area (Å²) in [7, 11) is 0. The third-order valence-electron chi connectivity index (χ3n) is 2.10. The second-order valence-electron chi connectivity index (χ2n) is 3.29. The minimum Gasteiger partial charge on any atom is -0.391 e. The molecular weight excluding hydrogens is 156 g/mol. The number of aliphatic hydroxyl groups is 1. The van der Waals surface area contributed by atoms with Crippen molar-refractivity contribution in [1.82, 2.24) is 0 Å². The van der Waals surface area contributed by atoms with Gasteiger partial charge in [-0.1, -0.05) is 13.3 Å². The van der Waals surface area contributed by atoms with Gasteiger partial charge < -0.3 is 14.6 Å². The Hall–Kier alpha value is -0.120. The summed E-state index contributed by atoms with van der Waals surface area (Å²) in [4.78, 5) is 0. The maximum atomic E-state index is 9.28. The zero-order valence-corrected chi connectivity index (χ0v) is 7.82. The summed E-state index contributed by atoms with van der Waals surface area (Å²) in [5, 5.41) is 9.28. The molecule has 1 heterocycles. The summed E-state index contributed by atoms with van der Waals surface area (Å²) in [5.74, 6) is 0.